The SMILES string of the molecule is CC(C)C(C)C(=O)C1CN(C(=O)OC(C)(C)C)C1. The first-order chi connectivity index (χ1) is 8.11. The average molecular weight is 255 g/mol. The Bertz CT molecular complexity index is 324. The maximum atomic E-state index is 12.0. The minimum atomic E-state index is -0.475. The summed E-state index contributed by atoms with van der Waals surface area (Å²) in [5.74, 6) is 0.684. The molecule has 0 aromatic carbocycles. The molecule has 0 aromatic rings. The lowest BCUT2D eigenvalue weighted by molar-refractivity contribution is -0.132. The molecule has 1 aliphatic rings. The van der Waals surface area contributed by atoms with Crippen LogP contribution in [0.4, 0.5) is 4.79 Å². The van der Waals surface area contributed by atoms with Gasteiger partial charge in [0.05, 0.1) is 5.92 Å². The Labute approximate surface area is 110 Å². The van der Waals surface area contributed by atoms with Gasteiger partial charge in [-0.25, -0.2) is 4.79 Å². The van der Waals surface area contributed by atoms with Gasteiger partial charge in [-0.15, -0.1) is 0 Å². The highest BCUT2D eigenvalue weighted by Gasteiger charge is 2.39. The Morgan fingerprint density at radius 2 is 1.67 bits per heavy atom. The number of nitrogens with zero attached hydrogens (tertiary/aromatic N) is 1. The minimum absolute atomic E-state index is 0.00471. The van der Waals surface area contributed by atoms with E-state index in [4.69, 9.17) is 4.74 Å². The summed E-state index contributed by atoms with van der Waals surface area (Å²) in [4.78, 5) is 25.3. The monoisotopic (exact) mass is 255 g/mol. The molecule has 0 N–H and O–H groups in total. The molecule has 0 aliphatic carbocycles. The summed E-state index contributed by atoms with van der Waals surface area (Å²) in [5.41, 5.74) is -0.475. The number of carbonyl (C=O) groups is 2. The molecule has 104 valence electrons. The van der Waals surface area contributed by atoms with Crippen LogP contribution in [-0.4, -0.2) is 35.5 Å². The van der Waals surface area contributed by atoms with Crippen LogP contribution in [0.25, 0.3) is 0 Å². The summed E-state index contributed by atoms with van der Waals surface area (Å²) in [7, 11) is 0. The molecule has 0 saturated carbocycles. The van der Waals surface area contributed by atoms with E-state index in [-0.39, 0.29) is 23.7 Å². The lowest BCUT2D eigenvalue weighted by Crippen LogP contribution is -2.55. The van der Waals surface area contributed by atoms with Crippen molar-refractivity contribution in [2.24, 2.45) is 17.8 Å². The van der Waals surface area contributed by atoms with Crippen molar-refractivity contribution in [3.8, 4) is 0 Å². The van der Waals surface area contributed by atoms with Crippen LogP contribution in [0, 0.1) is 17.8 Å². The van der Waals surface area contributed by atoms with Crippen LogP contribution in [0.2, 0.25) is 0 Å². The first-order valence-corrected chi connectivity index (χ1v) is 6.63. The highest BCUT2D eigenvalue weighted by Crippen LogP contribution is 2.25. The van der Waals surface area contributed by atoms with Crippen LogP contribution in [0.3, 0.4) is 0 Å². The second kappa shape index (κ2) is 5.29. The Balaban J connectivity index is 2.40. The maximum Gasteiger partial charge on any atom is 0.410 e. The number of carbonyl (C=O) groups excluding carboxylic acids is 2. The van der Waals surface area contributed by atoms with Gasteiger partial charge in [-0.05, 0) is 26.7 Å². The second-order valence-corrected chi connectivity index (χ2v) is 6.52. The van der Waals surface area contributed by atoms with Crippen molar-refractivity contribution in [2.45, 2.75) is 47.1 Å². The summed E-state index contributed by atoms with van der Waals surface area (Å²) >= 11 is 0. The number of ether oxygens (including phenoxy) is 1. The number of hydrogen-bond donors (Lipinski definition) is 0. The van der Waals surface area contributed by atoms with Gasteiger partial charge in [-0.1, -0.05) is 20.8 Å². The summed E-state index contributed by atoms with van der Waals surface area (Å²) in [5, 5.41) is 0. The number of amides is 1. The van der Waals surface area contributed by atoms with Gasteiger partial charge in [-0.3, -0.25) is 4.79 Å². The van der Waals surface area contributed by atoms with Gasteiger partial charge in [0.1, 0.15) is 11.4 Å². The van der Waals surface area contributed by atoms with Crippen LogP contribution < -0.4 is 0 Å². The lowest BCUT2D eigenvalue weighted by Gasteiger charge is -2.40. The fraction of sp³-hybridized carbons (Fsp3) is 0.857. The molecule has 1 atom stereocenters. The molecule has 1 fully saturated rings. The summed E-state index contributed by atoms with van der Waals surface area (Å²) in [6, 6.07) is 0. The average Bonchev–Trinajstić information content (AvgIpc) is 2.10. The van der Waals surface area contributed by atoms with Gasteiger partial charge in [0, 0.05) is 19.0 Å². The molecule has 1 heterocycles. The molecule has 1 saturated heterocycles. The fourth-order valence-corrected chi connectivity index (χ4v) is 1.83. The van der Waals surface area contributed by atoms with E-state index in [0.29, 0.717) is 19.0 Å². The smallest absolute Gasteiger partial charge is 0.410 e. The largest absolute Gasteiger partial charge is 0.444 e. The van der Waals surface area contributed by atoms with Gasteiger partial charge in [0.2, 0.25) is 0 Å². The normalized spacial score (nSPS) is 18.5. The highest BCUT2D eigenvalue weighted by molar-refractivity contribution is 5.86. The number of rotatable bonds is 3. The van der Waals surface area contributed by atoms with Crippen LogP contribution in [0.5, 0.6) is 0 Å². The minimum Gasteiger partial charge on any atom is -0.444 e. The van der Waals surface area contributed by atoms with Crippen LogP contribution in [0.15, 0.2) is 0 Å². The van der Waals surface area contributed by atoms with Crippen LogP contribution in [-0.2, 0) is 9.53 Å². The maximum absolute atomic E-state index is 12.0. The molecule has 0 radical (unpaired) electrons. The van der Waals surface area contributed by atoms with Crippen molar-refractivity contribution < 1.29 is 14.3 Å². The highest BCUT2D eigenvalue weighted by atomic mass is 16.6. The van der Waals surface area contributed by atoms with Gasteiger partial charge in [0.25, 0.3) is 0 Å². The third-order valence-electron chi connectivity index (χ3n) is 3.38. The number of hydrogen-bond acceptors (Lipinski definition) is 3. The van der Waals surface area contributed by atoms with Crippen LogP contribution in [0.1, 0.15) is 41.5 Å². The first kappa shape index (κ1) is 15.0. The number of ketones is 1. The third kappa shape index (κ3) is 3.72. The third-order valence-corrected chi connectivity index (χ3v) is 3.38. The number of Topliss-reactive ketones (excluding diaryl/α,β-unsaturated/α-hetero) is 1. The van der Waals surface area contributed by atoms with Crippen LogP contribution >= 0.6 is 0 Å². The zero-order valence-corrected chi connectivity index (χ0v) is 12.3. The topological polar surface area (TPSA) is 46.6 Å². The molecular weight excluding hydrogens is 230 g/mol. The van der Waals surface area contributed by atoms with E-state index in [0.717, 1.165) is 0 Å². The molecule has 0 bridgehead atoms. The van der Waals surface area contributed by atoms with Crippen molar-refractivity contribution in [3.63, 3.8) is 0 Å². The Morgan fingerprint density at radius 3 is 2.06 bits per heavy atom. The quantitative estimate of drug-likeness (QED) is 0.779. The molecule has 1 unspecified atom stereocenters. The van der Waals surface area contributed by atoms with Crippen molar-refractivity contribution >= 4 is 11.9 Å². The molecule has 1 aliphatic heterocycles. The zero-order valence-electron chi connectivity index (χ0n) is 12.3. The van der Waals surface area contributed by atoms with E-state index in [1.54, 1.807) is 4.90 Å². The van der Waals surface area contributed by atoms with E-state index in [1.807, 2.05) is 41.5 Å². The molecule has 0 aromatic heterocycles. The van der Waals surface area contributed by atoms with Gasteiger partial charge in [0.15, 0.2) is 0 Å². The standard InChI is InChI=1S/C14H25NO3/c1-9(2)10(3)12(16)11-7-15(8-11)13(17)18-14(4,5)6/h9-11H,7-8H2,1-6H3. The molecular formula is C14H25NO3. The van der Waals surface area contributed by atoms with E-state index in [2.05, 4.69) is 0 Å². The number of likely N-dealkylation sites (tertiary alicyclic amines) is 1. The second-order valence-electron chi connectivity index (χ2n) is 6.52. The molecule has 4 nitrogen and oxygen atoms in total. The molecule has 1 rings (SSSR count). The fourth-order valence-electron chi connectivity index (χ4n) is 1.83. The van der Waals surface area contributed by atoms with E-state index >= 15 is 0 Å². The van der Waals surface area contributed by atoms with Gasteiger partial charge in [-0.2, -0.15) is 0 Å². The van der Waals surface area contributed by atoms with Crippen molar-refractivity contribution in [2.75, 3.05) is 13.1 Å². The Kier molecular flexibility index (Phi) is 4.41. The van der Waals surface area contributed by atoms with Gasteiger partial charge < -0.3 is 9.64 Å². The molecule has 18 heavy (non-hydrogen) atoms. The Morgan fingerprint density at radius 1 is 1.17 bits per heavy atom. The van der Waals surface area contributed by atoms with E-state index in [9.17, 15) is 9.59 Å². The zero-order chi connectivity index (χ0) is 14.1. The van der Waals surface area contributed by atoms with Crippen molar-refractivity contribution in [3.05, 3.63) is 0 Å². The summed E-state index contributed by atoms with van der Waals surface area (Å²) in [6.45, 7) is 12.6. The predicted octanol–water partition coefficient (Wildman–Crippen LogP) is 2.71. The summed E-state index contributed by atoms with van der Waals surface area (Å²) in [6.07, 6.45) is -0.316. The Hall–Kier alpha value is -1.06. The van der Waals surface area contributed by atoms with Crippen molar-refractivity contribution in [1.29, 1.82) is 0 Å². The van der Waals surface area contributed by atoms with E-state index < -0.39 is 5.60 Å². The molecule has 0 spiro atoms. The van der Waals surface area contributed by atoms with E-state index in [1.165, 1.54) is 0 Å². The first-order valence-electron chi connectivity index (χ1n) is 6.63. The lowest BCUT2D eigenvalue weighted by atomic mass is 9.83. The molecule has 4 heteroatoms. The molecule has 1 amide bonds. The van der Waals surface area contributed by atoms with Gasteiger partial charge >= 0.3 is 6.09 Å². The summed E-state index contributed by atoms with van der Waals surface area (Å²) < 4.78 is 5.25. The predicted molar refractivity (Wildman–Crippen MR) is 70.3 cm³/mol. The van der Waals surface area contributed by atoms with Crippen molar-refractivity contribution in [1.82, 2.24) is 4.90 Å².